The van der Waals surface area contributed by atoms with Gasteiger partial charge >= 0.3 is 0 Å². The summed E-state index contributed by atoms with van der Waals surface area (Å²) in [5, 5.41) is 7.11. The quantitative estimate of drug-likeness (QED) is 0.272. The van der Waals surface area contributed by atoms with Crippen molar-refractivity contribution in [1.29, 1.82) is 0 Å². The van der Waals surface area contributed by atoms with Gasteiger partial charge in [0.1, 0.15) is 5.71 Å². The molecule has 4 aromatic rings. The smallest absolute Gasteiger partial charge is 0.259 e. The largest absolute Gasteiger partial charge is 0.322 e. The van der Waals surface area contributed by atoms with Crippen LogP contribution < -0.4 is 10.7 Å². The molecule has 0 saturated carbocycles. The predicted molar refractivity (Wildman–Crippen MR) is 144 cm³/mol. The molecule has 2 aliphatic carbocycles. The fourth-order valence-corrected chi connectivity index (χ4v) is 4.66. The third-order valence-corrected chi connectivity index (χ3v) is 6.49. The molecule has 0 saturated heterocycles. The molecular weight excluding hydrogens is 478 g/mol. The summed E-state index contributed by atoms with van der Waals surface area (Å²) in [7, 11) is 0. The van der Waals surface area contributed by atoms with Gasteiger partial charge in [-0.05, 0) is 29.8 Å². The Hall–Kier alpha value is -5.43. The van der Waals surface area contributed by atoms with Crippen molar-refractivity contribution in [2.24, 2.45) is 5.10 Å². The molecule has 0 fully saturated rings. The predicted octanol–water partition coefficient (Wildman–Crippen LogP) is 4.88. The van der Waals surface area contributed by atoms with E-state index in [0.717, 1.165) is 0 Å². The van der Waals surface area contributed by atoms with Gasteiger partial charge in [-0.1, -0.05) is 78.9 Å². The first-order valence-electron chi connectivity index (χ1n) is 11.9. The first-order valence-corrected chi connectivity index (χ1v) is 11.9. The highest BCUT2D eigenvalue weighted by atomic mass is 16.2. The van der Waals surface area contributed by atoms with Crippen molar-refractivity contribution in [1.82, 2.24) is 0 Å². The summed E-state index contributed by atoms with van der Waals surface area (Å²) in [6, 6.07) is 27.5. The lowest BCUT2D eigenvalue weighted by molar-refractivity contribution is -0.116. The Bertz CT molecular complexity index is 1740. The van der Waals surface area contributed by atoms with Crippen molar-refractivity contribution in [2.45, 2.75) is 0 Å². The van der Waals surface area contributed by atoms with Gasteiger partial charge in [-0.25, -0.2) is 0 Å². The lowest BCUT2D eigenvalue weighted by Gasteiger charge is -2.20. The van der Waals surface area contributed by atoms with Crippen LogP contribution in [-0.2, 0) is 9.59 Å². The minimum atomic E-state index is -0.567. The second kappa shape index (κ2) is 9.22. The summed E-state index contributed by atoms with van der Waals surface area (Å²) in [5.74, 6) is -1.69. The first kappa shape index (κ1) is 23.0. The average molecular weight is 498 g/mol. The summed E-state index contributed by atoms with van der Waals surface area (Å²) < 4.78 is 0. The summed E-state index contributed by atoms with van der Waals surface area (Å²) in [6.07, 6.45) is 1.54. The molecule has 2 aliphatic rings. The van der Waals surface area contributed by atoms with Crippen molar-refractivity contribution < 1.29 is 19.2 Å². The Labute approximate surface area is 217 Å². The fourth-order valence-electron chi connectivity index (χ4n) is 4.66. The summed E-state index contributed by atoms with van der Waals surface area (Å²) in [6.45, 7) is 0. The van der Waals surface area contributed by atoms with E-state index >= 15 is 0 Å². The zero-order valence-corrected chi connectivity index (χ0v) is 19.9. The molecule has 0 spiro atoms. The second-order valence-electron chi connectivity index (χ2n) is 8.80. The number of ketones is 3. The summed E-state index contributed by atoms with van der Waals surface area (Å²) in [5.41, 5.74) is 5.95. The van der Waals surface area contributed by atoms with Gasteiger partial charge in [-0.15, -0.1) is 0 Å². The lowest BCUT2D eigenvalue weighted by atomic mass is 9.83. The van der Waals surface area contributed by atoms with Crippen LogP contribution in [0.3, 0.4) is 0 Å². The van der Waals surface area contributed by atoms with Crippen molar-refractivity contribution >= 4 is 46.4 Å². The van der Waals surface area contributed by atoms with Gasteiger partial charge in [0, 0.05) is 27.9 Å². The Morgan fingerprint density at radius 3 is 2.00 bits per heavy atom. The van der Waals surface area contributed by atoms with Gasteiger partial charge in [-0.3, -0.25) is 24.6 Å². The zero-order valence-electron chi connectivity index (χ0n) is 19.9. The minimum Gasteiger partial charge on any atom is -0.322 e. The molecule has 7 heteroatoms. The molecule has 182 valence electrons. The number of hydrogen-bond acceptors (Lipinski definition) is 6. The van der Waals surface area contributed by atoms with Crippen LogP contribution in [0.5, 0.6) is 0 Å². The molecule has 0 radical (unpaired) electrons. The Morgan fingerprint density at radius 1 is 0.605 bits per heavy atom. The first-order chi connectivity index (χ1) is 18.5. The minimum absolute atomic E-state index is 0.0221. The number of anilines is 2. The molecule has 4 aromatic carbocycles. The second-order valence-corrected chi connectivity index (χ2v) is 8.80. The van der Waals surface area contributed by atoms with Crippen LogP contribution in [0.2, 0.25) is 0 Å². The number of para-hydroxylation sites is 1. The standard InChI is InChI=1S/C31H19N3O4/c35-28-21-13-6-7-14-22(21)29(36)26-23(28)15-8-16-25(26)33-34-27-20-12-5-4-9-18(20)17-24(30(27)37)31(38)32-19-10-2-1-3-11-19/h1-17,33H,(H,32,38)/b34-27+. The molecule has 6 rings (SSSR count). The summed E-state index contributed by atoms with van der Waals surface area (Å²) in [4.78, 5) is 52.9. The maximum absolute atomic E-state index is 13.5. The molecule has 1 amide bonds. The lowest BCUT2D eigenvalue weighted by Crippen LogP contribution is -2.30. The maximum Gasteiger partial charge on any atom is 0.259 e. The fraction of sp³-hybridized carbons (Fsp3) is 0. The van der Waals surface area contributed by atoms with Crippen molar-refractivity contribution in [3.05, 3.63) is 136 Å². The topological polar surface area (TPSA) is 105 Å². The van der Waals surface area contributed by atoms with Crippen LogP contribution in [0.15, 0.2) is 108 Å². The Kier molecular flexibility index (Phi) is 5.58. The SMILES string of the molecule is O=C(Nc1ccccc1)C1=Cc2ccccc2/C(=N\Nc2cccc3c2C(=O)c2ccccc2C3=O)C1=O. The van der Waals surface area contributed by atoms with Gasteiger partial charge in [0.05, 0.1) is 16.8 Å². The molecular formula is C31H19N3O4. The molecule has 7 nitrogen and oxygen atoms in total. The number of fused-ring (bicyclic) bond motifs is 3. The van der Waals surface area contributed by atoms with Crippen LogP contribution in [0.1, 0.15) is 43.0 Å². The van der Waals surface area contributed by atoms with Gasteiger partial charge in [0.25, 0.3) is 5.91 Å². The van der Waals surface area contributed by atoms with E-state index in [0.29, 0.717) is 27.9 Å². The van der Waals surface area contributed by atoms with Crippen molar-refractivity contribution in [3.8, 4) is 0 Å². The van der Waals surface area contributed by atoms with Crippen molar-refractivity contribution in [2.75, 3.05) is 10.7 Å². The number of amides is 1. The van der Waals surface area contributed by atoms with Crippen LogP contribution in [0.25, 0.3) is 6.08 Å². The molecule has 0 aliphatic heterocycles. The Morgan fingerprint density at radius 2 is 1.24 bits per heavy atom. The van der Waals surface area contributed by atoms with E-state index in [1.165, 1.54) is 0 Å². The van der Waals surface area contributed by atoms with Gasteiger partial charge in [0.2, 0.25) is 5.78 Å². The highest BCUT2D eigenvalue weighted by molar-refractivity contribution is 6.59. The molecule has 0 heterocycles. The number of Topliss-reactive ketones (excluding diaryl/α,β-unsaturated/α-hetero) is 1. The van der Waals surface area contributed by atoms with Gasteiger partial charge in [0.15, 0.2) is 11.6 Å². The number of rotatable bonds is 4. The third-order valence-electron chi connectivity index (χ3n) is 6.49. The van der Waals surface area contributed by atoms with E-state index in [1.807, 2.05) is 6.07 Å². The monoisotopic (exact) mass is 497 g/mol. The number of hydrogen-bond donors (Lipinski definition) is 2. The van der Waals surface area contributed by atoms with E-state index in [4.69, 9.17) is 0 Å². The number of nitrogens with zero attached hydrogens (tertiary/aromatic N) is 1. The maximum atomic E-state index is 13.5. The van der Waals surface area contributed by atoms with E-state index in [2.05, 4.69) is 15.8 Å². The molecule has 0 unspecified atom stereocenters. The van der Waals surface area contributed by atoms with Crippen molar-refractivity contribution in [3.63, 3.8) is 0 Å². The number of carbonyl (C=O) groups is 4. The molecule has 0 atom stereocenters. The number of hydrazone groups is 1. The van der Waals surface area contributed by atoms with E-state index in [-0.39, 0.29) is 39.7 Å². The average Bonchev–Trinajstić information content (AvgIpc) is 2.95. The number of carbonyl (C=O) groups excluding carboxylic acids is 4. The zero-order chi connectivity index (χ0) is 26.2. The normalized spacial score (nSPS) is 14.8. The van der Waals surface area contributed by atoms with Gasteiger partial charge in [-0.2, -0.15) is 5.10 Å². The molecule has 38 heavy (non-hydrogen) atoms. The van der Waals surface area contributed by atoms with E-state index in [1.54, 1.807) is 97.1 Å². The van der Waals surface area contributed by atoms with Crippen LogP contribution >= 0.6 is 0 Å². The Balaban J connectivity index is 1.38. The summed E-state index contributed by atoms with van der Waals surface area (Å²) >= 11 is 0. The third kappa shape index (κ3) is 3.83. The number of benzene rings is 4. The van der Waals surface area contributed by atoms with Crippen LogP contribution in [-0.4, -0.2) is 29.0 Å². The molecule has 0 aromatic heterocycles. The molecule has 0 bridgehead atoms. The van der Waals surface area contributed by atoms with Gasteiger partial charge < -0.3 is 5.32 Å². The van der Waals surface area contributed by atoms with Crippen LogP contribution in [0.4, 0.5) is 11.4 Å². The van der Waals surface area contributed by atoms with E-state index < -0.39 is 11.7 Å². The molecule has 2 N–H and O–H groups in total. The number of nitrogens with one attached hydrogen (secondary N) is 2. The highest BCUT2D eigenvalue weighted by Crippen LogP contribution is 2.32. The van der Waals surface area contributed by atoms with E-state index in [9.17, 15) is 19.2 Å². The highest BCUT2D eigenvalue weighted by Gasteiger charge is 2.33. The van der Waals surface area contributed by atoms with Crippen LogP contribution in [0, 0.1) is 0 Å².